The molecule has 0 spiro atoms. The van der Waals surface area contributed by atoms with E-state index in [9.17, 15) is 14.0 Å². The van der Waals surface area contributed by atoms with Crippen LogP contribution in [0.2, 0.25) is 0 Å². The summed E-state index contributed by atoms with van der Waals surface area (Å²) >= 11 is 0. The van der Waals surface area contributed by atoms with Crippen molar-refractivity contribution in [3.05, 3.63) is 35.6 Å². The number of hydrogen-bond acceptors (Lipinski definition) is 3. The molecule has 3 N–H and O–H groups in total. The average Bonchev–Trinajstić information content (AvgIpc) is 2.93. The van der Waals surface area contributed by atoms with E-state index in [1.54, 1.807) is 23.1 Å². The number of rotatable bonds is 5. The van der Waals surface area contributed by atoms with Crippen LogP contribution in [0.25, 0.3) is 0 Å². The lowest BCUT2D eigenvalue weighted by molar-refractivity contribution is -0.134. The lowest BCUT2D eigenvalue weighted by atomic mass is 10.0. The van der Waals surface area contributed by atoms with Gasteiger partial charge >= 0.3 is 0 Å². The monoisotopic (exact) mass is 371 g/mol. The smallest absolute Gasteiger partial charge is 0.242 e. The fraction of sp³-hybridized carbons (Fsp3) is 0.556. The fourth-order valence-electron chi connectivity index (χ4n) is 3.05. The molecule has 0 aromatic heterocycles. The summed E-state index contributed by atoms with van der Waals surface area (Å²) < 4.78 is 14.1. The predicted molar refractivity (Wildman–Crippen MR) is 97.7 cm³/mol. The van der Waals surface area contributed by atoms with E-state index in [4.69, 9.17) is 5.73 Å². The van der Waals surface area contributed by atoms with E-state index in [1.165, 1.54) is 6.07 Å². The second-order valence-corrected chi connectivity index (χ2v) is 6.91. The zero-order valence-corrected chi connectivity index (χ0v) is 15.7. The average molecular weight is 372 g/mol. The van der Waals surface area contributed by atoms with Gasteiger partial charge in [0.2, 0.25) is 11.8 Å². The van der Waals surface area contributed by atoms with Crippen LogP contribution in [0, 0.1) is 17.7 Å². The molecule has 1 saturated heterocycles. The summed E-state index contributed by atoms with van der Waals surface area (Å²) in [6.45, 7) is 6.18. The topological polar surface area (TPSA) is 75.4 Å². The number of nitrogens with zero attached hydrogens (tertiary/aromatic N) is 1. The first-order chi connectivity index (χ1) is 11.3. The maximum Gasteiger partial charge on any atom is 0.242 e. The zero-order valence-electron chi connectivity index (χ0n) is 14.9. The Hall–Kier alpha value is -1.66. The Kier molecular flexibility index (Phi) is 7.83. The van der Waals surface area contributed by atoms with Gasteiger partial charge in [0.15, 0.2) is 0 Å². The molecule has 0 radical (unpaired) electrons. The normalized spacial score (nSPS) is 21.0. The molecule has 3 atom stereocenters. The Labute approximate surface area is 154 Å². The van der Waals surface area contributed by atoms with E-state index in [2.05, 4.69) is 5.32 Å². The summed E-state index contributed by atoms with van der Waals surface area (Å²) in [4.78, 5) is 26.1. The Morgan fingerprint density at radius 1 is 1.36 bits per heavy atom. The first kappa shape index (κ1) is 21.4. The highest BCUT2D eigenvalue weighted by Crippen LogP contribution is 2.36. The third kappa shape index (κ3) is 5.16. The van der Waals surface area contributed by atoms with Crippen molar-refractivity contribution in [2.45, 2.75) is 39.3 Å². The molecule has 1 aliphatic rings. The maximum atomic E-state index is 14.1. The lowest BCUT2D eigenvalue weighted by Gasteiger charge is -2.26. The van der Waals surface area contributed by atoms with Crippen molar-refractivity contribution in [1.29, 1.82) is 0 Å². The molecule has 1 aromatic carbocycles. The molecule has 1 aliphatic heterocycles. The molecule has 1 heterocycles. The van der Waals surface area contributed by atoms with Gasteiger partial charge in [-0.2, -0.15) is 0 Å². The van der Waals surface area contributed by atoms with Gasteiger partial charge in [-0.1, -0.05) is 39.0 Å². The summed E-state index contributed by atoms with van der Waals surface area (Å²) in [6.07, 6.45) is 0.714. The Balaban J connectivity index is 0.00000312. The maximum absolute atomic E-state index is 14.1. The highest BCUT2D eigenvalue weighted by molar-refractivity contribution is 5.87. The fourth-order valence-corrected chi connectivity index (χ4v) is 3.05. The number of amides is 2. The number of nitrogens with two attached hydrogens (primary N) is 1. The van der Waals surface area contributed by atoms with Crippen molar-refractivity contribution >= 4 is 24.2 Å². The van der Waals surface area contributed by atoms with Crippen molar-refractivity contribution in [3.8, 4) is 0 Å². The number of hydrogen-bond donors (Lipinski definition) is 2. The van der Waals surface area contributed by atoms with E-state index in [-0.39, 0.29) is 54.5 Å². The van der Waals surface area contributed by atoms with Crippen LogP contribution in [0.3, 0.4) is 0 Å². The zero-order chi connectivity index (χ0) is 17.9. The molecular formula is C18H27ClFN3O2. The van der Waals surface area contributed by atoms with Crippen molar-refractivity contribution in [2.75, 3.05) is 13.1 Å². The van der Waals surface area contributed by atoms with Crippen LogP contribution < -0.4 is 11.1 Å². The van der Waals surface area contributed by atoms with Gasteiger partial charge in [0.1, 0.15) is 5.82 Å². The Bertz CT molecular complexity index is 612. The minimum absolute atomic E-state index is 0. The van der Waals surface area contributed by atoms with Gasteiger partial charge in [0, 0.05) is 12.1 Å². The highest BCUT2D eigenvalue weighted by atomic mass is 35.5. The third-order valence-electron chi connectivity index (χ3n) is 4.53. The van der Waals surface area contributed by atoms with Crippen LogP contribution in [-0.2, 0) is 9.59 Å². The standard InChI is InChI=1S/C18H26FN3O2.ClH/c1-11(2)17(20)18(24)21-9-16(23)22-10-12(3)8-15(22)13-6-4-5-7-14(13)19;/h4-7,11-12,15,17H,8-10,20H2,1-3H3,(H,21,24);1H/t12?,15?,17-;/m0./s1. The molecule has 7 heteroatoms. The number of nitrogens with one attached hydrogen (secondary N) is 1. The second kappa shape index (κ2) is 9.15. The molecule has 0 bridgehead atoms. The Morgan fingerprint density at radius 3 is 2.60 bits per heavy atom. The molecule has 0 aliphatic carbocycles. The molecule has 25 heavy (non-hydrogen) atoms. The van der Waals surface area contributed by atoms with E-state index >= 15 is 0 Å². The lowest BCUT2D eigenvalue weighted by Crippen LogP contribution is -2.47. The summed E-state index contributed by atoms with van der Waals surface area (Å²) in [5.41, 5.74) is 6.30. The van der Waals surface area contributed by atoms with Crippen molar-refractivity contribution in [2.24, 2.45) is 17.6 Å². The van der Waals surface area contributed by atoms with Crippen LogP contribution >= 0.6 is 12.4 Å². The first-order valence-corrected chi connectivity index (χ1v) is 8.38. The minimum atomic E-state index is -0.641. The van der Waals surface area contributed by atoms with Gasteiger partial charge in [0.05, 0.1) is 18.6 Å². The summed E-state index contributed by atoms with van der Waals surface area (Å²) in [5, 5.41) is 2.59. The largest absolute Gasteiger partial charge is 0.346 e. The quantitative estimate of drug-likeness (QED) is 0.833. The molecule has 140 valence electrons. The van der Waals surface area contributed by atoms with E-state index in [1.807, 2.05) is 20.8 Å². The number of halogens is 2. The number of carbonyl (C=O) groups is 2. The van der Waals surface area contributed by atoms with Gasteiger partial charge in [-0.15, -0.1) is 12.4 Å². The second-order valence-electron chi connectivity index (χ2n) is 6.91. The van der Waals surface area contributed by atoms with Gasteiger partial charge in [0.25, 0.3) is 0 Å². The first-order valence-electron chi connectivity index (χ1n) is 8.38. The summed E-state index contributed by atoms with van der Waals surface area (Å²) in [7, 11) is 0. The number of carbonyl (C=O) groups excluding carboxylic acids is 2. The van der Waals surface area contributed by atoms with Gasteiger partial charge in [-0.05, 0) is 24.3 Å². The van der Waals surface area contributed by atoms with Crippen LogP contribution in [0.5, 0.6) is 0 Å². The molecule has 1 aromatic rings. The predicted octanol–water partition coefficient (Wildman–Crippen LogP) is 2.26. The molecular weight excluding hydrogens is 345 g/mol. The van der Waals surface area contributed by atoms with Crippen molar-refractivity contribution in [1.82, 2.24) is 10.2 Å². The van der Waals surface area contributed by atoms with Crippen LogP contribution in [0.4, 0.5) is 4.39 Å². The summed E-state index contributed by atoms with van der Waals surface area (Å²) in [5.74, 6) is -0.574. The molecule has 5 nitrogen and oxygen atoms in total. The van der Waals surface area contributed by atoms with E-state index < -0.39 is 6.04 Å². The molecule has 2 unspecified atom stereocenters. The van der Waals surface area contributed by atoms with Crippen molar-refractivity contribution in [3.63, 3.8) is 0 Å². The van der Waals surface area contributed by atoms with Gasteiger partial charge < -0.3 is 16.0 Å². The molecule has 0 saturated carbocycles. The number of benzene rings is 1. The van der Waals surface area contributed by atoms with Crippen LogP contribution in [0.1, 0.15) is 38.8 Å². The Morgan fingerprint density at radius 2 is 2.00 bits per heavy atom. The van der Waals surface area contributed by atoms with Crippen LogP contribution in [-0.4, -0.2) is 35.8 Å². The summed E-state index contributed by atoms with van der Waals surface area (Å²) in [6, 6.07) is 5.60. The minimum Gasteiger partial charge on any atom is -0.346 e. The van der Waals surface area contributed by atoms with Gasteiger partial charge in [-0.3, -0.25) is 9.59 Å². The molecule has 2 amide bonds. The molecule has 2 rings (SSSR count). The SMILES string of the molecule is CC1CC(c2ccccc2F)N(C(=O)CNC(=O)[C@@H](N)C(C)C)C1.Cl. The highest BCUT2D eigenvalue weighted by Gasteiger charge is 2.35. The van der Waals surface area contributed by atoms with Crippen molar-refractivity contribution < 1.29 is 14.0 Å². The van der Waals surface area contributed by atoms with E-state index in [0.717, 1.165) is 0 Å². The number of likely N-dealkylation sites (tertiary alicyclic amines) is 1. The molecule has 1 fully saturated rings. The third-order valence-corrected chi connectivity index (χ3v) is 4.53. The van der Waals surface area contributed by atoms with Gasteiger partial charge in [-0.25, -0.2) is 4.39 Å². The van der Waals surface area contributed by atoms with Crippen LogP contribution in [0.15, 0.2) is 24.3 Å². The van der Waals surface area contributed by atoms with E-state index in [0.29, 0.717) is 18.5 Å².